The molecule has 2 heterocycles. The summed E-state index contributed by atoms with van der Waals surface area (Å²) in [5, 5.41) is 0.328. The highest BCUT2D eigenvalue weighted by Crippen LogP contribution is 2.17. The van der Waals surface area contributed by atoms with E-state index in [4.69, 9.17) is 22.1 Å². The highest BCUT2D eigenvalue weighted by atomic mass is 35.5. The smallest absolute Gasteiger partial charge is 0.274 e. The first-order chi connectivity index (χ1) is 8.18. The largest absolute Gasteiger partial charge is 0.384 e. The molecule has 1 aliphatic rings. The fourth-order valence-corrected chi connectivity index (χ4v) is 1.89. The molecule has 0 unspecified atom stereocenters. The second kappa shape index (κ2) is 5.33. The average molecular weight is 256 g/mol. The Balaban J connectivity index is 2.20. The number of carbonyl (C=O) groups excluding carboxylic acids is 1. The number of pyridine rings is 1. The van der Waals surface area contributed by atoms with Gasteiger partial charge in [0.25, 0.3) is 5.91 Å². The van der Waals surface area contributed by atoms with E-state index in [9.17, 15) is 4.79 Å². The van der Waals surface area contributed by atoms with Crippen molar-refractivity contribution in [2.75, 3.05) is 32.0 Å². The van der Waals surface area contributed by atoms with Gasteiger partial charge in [-0.15, -0.1) is 0 Å². The molecule has 2 rings (SSSR count). The summed E-state index contributed by atoms with van der Waals surface area (Å²) in [4.78, 5) is 17.9. The van der Waals surface area contributed by atoms with Gasteiger partial charge in [0, 0.05) is 19.7 Å². The number of ether oxygens (including phenoxy) is 1. The Hall–Kier alpha value is -1.33. The molecule has 92 valence electrons. The Morgan fingerprint density at radius 1 is 1.41 bits per heavy atom. The van der Waals surface area contributed by atoms with Crippen molar-refractivity contribution < 1.29 is 9.53 Å². The van der Waals surface area contributed by atoms with Gasteiger partial charge in [-0.2, -0.15) is 0 Å². The Morgan fingerprint density at radius 2 is 2.24 bits per heavy atom. The van der Waals surface area contributed by atoms with E-state index in [0.29, 0.717) is 37.1 Å². The molecule has 1 fully saturated rings. The zero-order chi connectivity index (χ0) is 12.3. The number of carbonyl (C=O) groups is 1. The number of rotatable bonds is 1. The molecule has 1 aliphatic heterocycles. The number of nitrogen functional groups attached to an aromatic ring is 1. The average Bonchev–Trinajstić information content (AvgIpc) is 2.60. The molecule has 0 saturated carbocycles. The first-order valence-electron chi connectivity index (χ1n) is 5.47. The third kappa shape index (κ3) is 2.87. The van der Waals surface area contributed by atoms with Gasteiger partial charge in [0.05, 0.1) is 11.6 Å². The highest BCUT2D eigenvalue weighted by Gasteiger charge is 2.21. The van der Waals surface area contributed by atoms with E-state index in [1.54, 1.807) is 17.0 Å². The second-order valence-corrected chi connectivity index (χ2v) is 4.23. The third-order valence-electron chi connectivity index (χ3n) is 2.58. The molecule has 1 saturated heterocycles. The molecule has 2 N–H and O–H groups in total. The van der Waals surface area contributed by atoms with E-state index >= 15 is 0 Å². The van der Waals surface area contributed by atoms with E-state index in [0.717, 1.165) is 6.42 Å². The molecule has 1 aromatic rings. The molecule has 6 heteroatoms. The summed E-state index contributed by atoms with van der Waals surface area (Å²) in [6.07, 6.45) is 0.825. The number of hydrogen-bond donors (Lipinski definition) is 1. The minimum Gasteiger partial charge on any atom is -0.384 e. The van der Waals surface area contributed by atoms with Crippen LogP contribution in [0.5, 0.6) is 0 Å². The summed E-state index contributed by atoms with van der Waals surface area (Å²) < 4.78 is 5.29. The van der Waals surface area contributed by atoms with E-state index < -0.39 is 0 Å². The maximum Gasteiger partial charge on any atom is 0.274 e. The van der Waals surface area contributed by atoms with Gasteiger partial charge in [0.2, 0.25) is 0 Å². The van der Waals surface area contributed by atoms with Crippen molar-refractivity contribution in [2.24, 2.45) is 0 Å². The Morgan fingerprint density at radius 3 is 3.06 bits per heavy atom. The Kier molecular flexibility index (Phi) is 3.81. The lowest BCUT2D eigenvalue weighted by Gasteiger charge is -2.19. The van der Waals surface area contributed by atoms with Crippen LogP contribution in [0.4, 0.5) is 5.82 Å². The van der Waals surface area contributed by atoms with Crippen LogP contribution in [-0.2, 0) is 4.74 Å². The molecular weight excluding hydrogens is 242 g/mol. The molecule has 5 nitrogen and oxygen atoms in total. The topological polar surface area (TPSA) is 68.5 Å². The zero-order valence-electron chi connectivity index (χ0n) is 9.36. The fraction of sp³-hybridized carbons (Fsp3) is 0.455. The fourth-order valence-electron chi connectivity index (χ4n) is 1.71. The summed E-state index contributed by atoms with van der Waals surface area (Å²) in [6.45, 7) is 2.45. The van der Waals surface area contributed by atoms with Crippen LogP contribution in [0, 0.1) is 0 Å². The summed E-state index contributed by atoms with van der Waals surface area (Å²) >= 11 is 5.95. The minimum atomic E-state index is -0.187. The van der Waals surface area contributed by atoms with Crippen molar-refractivity contribution in [1.82, 2.24) is 9.88 Å². The van der Waals surface area contributed by atoms with E-state index in [-0.39, 0.29) is 11.6 Å². The number of hydrogen-bond acceptors (Lipinski definition) is 4. The number of anilines is 1. The quantitative estimate of drug-likeness (QED) is 0.818. The monoisotopic (exact) mass is 255 g/mol. The van der Waals surface area contributed by atoms with E-state index in [2.05, 4.69) is 4.98 Å². The van der Waals surface area contributed by atoms with Crippen molar-refractivity contribution in [2.45, 2.75) is 6.42 Å². The van der Waals surface area contributed by atoms with Gasteiger partial charge in [-0.05, 0) is 18.6 Å². The van der Waals surface area contributed by atoms with Gasteiger partial charge < -0.3 is 15.4 Å². The van der Waals surface area contributed by atoms with Crippen molar-refractivity contribution in [3.63, 3.8) is 0 Å². The maximum absolute atomic E-state index is 12.2. The Labute approximate surface area is 105 Å². The lowest BCUT2D eigenvalue weighted by Crippen LogP contribution is -2.34. The van der Waals surface area contributed by atoms with Crippen molar-refractivity contribution in [3.8, 4) is 0 Å². The molecular formula is C11H14ClN3O2. The standard InChI is InChI=1S/C11H14ClN3O2/c12-8-2-3-9(13)14-10(8)11(16)15-4-1-6-17-7-5-15/h2-3H,1,4-7H2,(H2,13,14). The number of nitrogens with zero attached hydrogens (tertiary/aromatic N) is 2. The number of aromatic nitrogens is 1. The van der Waals surface area contributed by atoms with E-state index in [1.165, 1.54) is 0 Å². The van der Waals surface area contributed by atoms with Crippen LogP contribution >= 0.6 is 11.6 Å². The van der Waals surface area contributed by atoms with Crippen LogP contribution in [0.1, 0.15) is 16.9 Å². The van der Waals surface area contributed by atoms with E-state index in [1.807, 2.05) is 0 Å². The lowest BCUT2D eigenvalue weighted by atomic mass is 10.3. The lowest BCUT2D eigenvalue weighted by molar-refractivity contribution is 0.0736. The maximum atomic E-state index is 12.2. The van der Waals surface area contributed by atoms with Crippen LogP contribution in [-0.4, -0.2) is 42.1 Å². The minimum absolute atomic E-state index is 0.187. The predicted molar refractivity (Wildman–Crippen MR) is 65.0 cm³/mol. The van der Waals surface area contributed by atoms with Crippen LogP contribution in [0.25, 0.3) is 0 Å². The van der Waals surface area contributed by atoms with Gasteiger partial charge >= 0.3 is 0 Å². The molecule has 0 bridgehead atoms. The van der Waals surface area contributed by atoms with Gasteiger partial charge in [0.1, 0.15) is 11.5 Å². The number of halogens is 1. The summed E-state index contributed by atoms with van der Waals surface area (Å²) in [7, 11) is 0. The molecule has 0 spiro atoms. The Bertz CT molecular complexity index is 417. The third-order valence-corrected chi connectivity index (χ3v) is 2.88. The van der Waals surface area contributed by atoms with Crippen LogP contribution in [0.3, 0.4) is 0 Å². The van der Waals surface area contributed by atoms with Gasteiger partial charge in [-0.3, -0.25) is 4.79 Å². The van der Waals surface area contributed by atoms with Crippen LogP contribution in [0.15, 0.2) is 12.1 Å². The van der Waals surface area contributed by atoms with Gasteiger partial charge in [0.15, 0.2) is 0 Å². The van der Waals surface area contributed by atoms with Crippen molar-refractivity contribution >= 4 is 23.3 Å². The van der Waals surface area contributed by atoms with Crippen molar-refractivity contribution in [1.29, 1.82) is 0 Å². The van der Waals surface area contributed by atoms with Crippen LogP contribution < -0.4 is 5.73 Å². The number of amides is 1. The molecule has 0 radical (unpaired) electrons. The normalized spacial score (nSPS) is 16.6. The number of nitrogens with two attached hydrogens (primary N) is 1. The van der Waals surface area contributed by atoms with Gasteiger partial charge in [-0.1, -0.05) is 11.6 Å². The molecule has 0 atom stereocenters. The summed E-state index contributed by atoms with van der Waals surface area (Å²) in [6, 6.07) is 3.16. The second-order valence-electron chi connectivity index (χ2n) is 3.82. The molecule has 1 amide bonds. The van der Waals surface area contributed by atoms with Crippen molar-refractivity contribution in [3.05, 3.63) is 22.8 Å². The van der Waals surface area contributed by atoms with Crippen LogP contribution in [0.2, 0.25) is 5.02 Å². The summed E-state index contributed by atoms with van der Waals surface area (Å²) in [5.74, 6) is 0.108. The molecule has 17 heavy (non-hydrogen) atoms. The molecule has 1 aromatic heterocycles. The summed E-state index contributed by atoms with van der Waals surface area (Å²) in [5.41, 5.74) is 5.78. The predicted octanol–water partition coefficient (Wildman–Crippen LogP) is 1.18. The zero-order valence-corrected chi connectivity index (χ0v) is 10.1. The highest BCUT2D eigenvalue weighted by molar-refractivity contribution is 6.33. The SMILES string of the molecule is Nc1ccc(Cl)c(C(=O)N2CCCOCC2)n1. The van der Waals surface area contributed by atoms with Gasteiger partial charge in [-0.25, -0.2) is 4.98 Å². The molecule has 0 aliphatic carbocycles. The molecule has 0 aromatic carbocycles. The first kappa shape index (κ1) is 12.1. The first-order valence-corrected chi connectivity index (χ1v) is 5.85.